The van der Waals surface area contributed by atoms with Crippen molar-refractivity contribution in [1.82, 2.24) is 0 Å². The molecule has 2 rings (SSSR count). The quantitative estimate of drug-likeness (QED) is 0.612. The summed E-state index contributed by atoms with van der Waals surface area (Å²) in [6, 6.07) is 7.49. The molecule has 20 heavy (non-hydrogen) atoms. The highest BCUT2D eigenvalue weighted by atomic mass is 16.5. The van der Waals surface area contributed by atoms with Gasteiger partial charge < -0.3 is 9.64 Å². The molecule has 1 aliphatic heterocycles. The second-order valence-electron chi connectivity index (χ2n) is 5.04. The predicted molar refractivity (Wildman–Crippen MR) is 78.1 cm³/mol. The molecule has 0 saturated heterocycles. The molecular formula is C16H21NO3. The van der Waals surface area contributed by atoms with E-state index in [0.717, 1.165) is 24.9 Å². The maximum Gasteiger partial charge on any atom is 0.325 e. The number of fused-ring (bicyclic) bond motifs is 1. The zero-order valence-electron chi connectivity index (χ0n) is 11.9. The summed E-state index contributed by atoms with van der Waals surface area (Å²) in [7, 11) is 0. The van der Waals surface area contributed by atoms with Gasteiger partial charge in [-0.15, -0.1) is 0 Å². The minimum atomic E-state index is -0.220. The zero-order chi connectivity index (χ0) is 14.4. The number of carbonyl (C=O) groups is 2. The summed E-state index contributed by atoms with van der Waals surface area (Å²) >= 11 is 0. The minimum absolute atomic E-state index is 0.155. The van der Waals surface area contributed by atoms with Crippen LogP contribution in [0.1, 0.15) is 43.0 Å². The lowest BCUT2D eigenvalue weighted by molar-refractivity contribution is -0.142. The molecule has 108 valence electrons. The number of carbonyl (C=O) groups excluding carboxylic acids is 2. The van der Waals surface area contributed by atoms with Crippen LogP contribution in [0.2, 0.25) is 0 Å². The molecular weight excluding hydrogens is 254 g/mol. The van der Waals surface area contributed by atoms with Gasteiger partial charge in [0.05, 0.1) is 6.61 Å². The number of ketones is 1. The molecule has 0 spiro atoms. The van der Waals surface area contributed by atoms with Gasteiger partial charge >= 0.3 is 5.97 Å². The first-order valence-corrected chi connectivity index (χ1v) is 7.25. The molecule has 0 fully saturated rings. The molecule has 0 amide bonds. The number of ether oxygens (including phenoxy) is 1. The first-order chi connectivity index (χ1) is 9.72. The van der Waals surface area contributed by atoms with Crippen molar-refractivity contribution >= 4 is 17.4 Å². The Hall–Kier alpha value is -1.84. The number of Topliss-reactive ketones (excluding diaryl/α,β-unsaturated/α-hetero) is 1. The van der Waals surface area contributed by atoms with Crippen molar-refractivity contribution in [2.75, 3.05) is 24.6 Å². The van der Waals surface area contributed by atoms with Crippen molar-refractivity contribution in [3.63, 3.8) is 0 Å². The number of nitrogens with zero attached hydrogens (tertiary/aromatic N) is 1. The number of hydrogen-bond donors (Lipinski definition) is 0. The van der Waals surface area contributed by atoms with Gasteiger partial charge in [0.25, 0.3) is 0 Å². The molecule has 0 bridgehead atoms. The van der Waals surface area contributed by atoms with Crippen molar-refractivity contribution in [2.24, 2.45) is 0 Å². The third-order valence-corrected chi connectivity index (χ3v) is 3.46. The van der Waals surface area contributed by atoms with E-state index in [0.29, 0.717) is 25.1 Å². The van der Waals surface area contributed by atoms with Crippen molar-refractivity contribution < 1.29 is 14.3 Å². The number of hydrogen-bond acceptors (Lipinski definition) is 4. The summed E-state index contributed by atoms with van der Waals surface area (Å²) in [6.07, 6.45) is 3.21. The van der Waals surface area contributed by atoms with Gasteiger partial charge in [-0.05, 0) is 25.0 Å². The standard InChI is InChI=1S/C16H21NO3/c1-2-3-11-20-16(19)12-17-10-6-9-15(18)13-7-4-5-8-14(13)17/h4-5,7-8H,2-3,6,9-12H2,1H3. The first kappa shape index (κ1) is 14.6. The van der Waals surface area contributed by atoms with E-state index in [-0.39, 0.29) is 18.3 Å². The second-order valence-corrected chi connectivity index (χ2v) is 5.04. The van der Waals surface area contributed by atoms with Gasteiger partial charge in [-0.1, -0.05) is 25.5 Å². The van der Waals surface area contributed by atoms with Crippen molar-refractivity contribution in [3.05, 3.63) is 29.8 Å². The SMILES string of the molecule is CCCCOC(=O)CN1CCCC(=O)c2ccccc21. The second kappa shape index (κ2) is 7.08. The Kier molecular flexibility index (Phi) is 5.16. The number of benzene rings is 1. The van der Waals surface area contributed by atoms with Crippen molar-refractivity contribution in [3.8, 4) is 0 Å². The topological polar surface area (TPSA) is 46.6 Å². The van der Waals surface area contributed by atoms with Crippen LogP contribution in [-0.4, -0.2) is 31.4 Å². The van der Waals surface area contributed by atoms with Gasteiger partial charge in [0, 0.05) is 24.2 Å². The molecule has 0 N–H and O–H groups in total. The number of esters is 1. The van der Waals surface area contributed by atoms with Crippen LogP contribution in [0, 0.1) is 0 Å². The molecule has 1 aromatic rings. The Labute approximate surface area is 119 Å². The third kappa shape index (κ3) is 3.59. The smallest absolute Gasteiger partial charge is 0.325 e. The van der Waals surface area contributed by atoms with Gasteiger partial charge in [0.15, 0.2) is 5.78 Å². The molecule has 0 saturated carbocycles. The highest BCUT2D eigenvalue weighted by Crippen LogP contribution is 2.25. The molecule has 4 heteroatoms. The normalized spacial score (nSPS) is 14.7. The van der Waals surface area contributed by atoms with E-state index in [2.05, 4.69) is 6.92 Å². The molecule has 0 aromatic heterocycles. The Bertz CT molecular complexity index is 484. The maximum atomic E-state index is 12.0. The van der Waals surface area contributed by atoms with E-state index in [4.69, 9.17) is 4.74 Å². The van der Waals surface area contributed by atoms with Crippen LogP contribution in [-0.2, 0) is 9.53 Å². The van der Waals surface area contributed by atoms with E-state index in [9.17, 15) is 9.59 Å². The Morgan fingerprint density at radius 1 is 1.35 bits per heavy atom. The van der Waals surface area contributed by atoms with Gasteiger partial charge in [0.2, 0.25) is 0 Å². The highest BCUT2D eigenvalue weighted by molar-refractivity contribution is 6.02. The van der Waals surface area contributed by atoms with E-state index >= 15 is 0 Å². The number of para-hydroxylation sites is 1. The fourth-order valence-electron chi connectivity index (χ4n) is 2.37. The molecule has 0 radical (unpaired) electrons. The van der Waals surface area contributed by atoms with Gasteiger partial charge in [0.1, 0.15) is 6.54 Å². The summed E-state index contributed by atoms with van der Waals surface area (Å²) in [6.45, 7) is 3.47. The molecule has 4 nitrogen and oxygen atoms in total. The van der Waals surface area contributed by atoms with Gasteiger partial charge in [-0.3, -0.25) is 9.59 Å². The summed E-state index contributed by atoms with van der Waals surface area (Å²) in [5.74, 6) is -0.0648. The van der Waals surface area contributed by atoms with Crippen molar-refractivity contribution in [2.45, 2.75) is 32.6 Å². The van der Waals surface area contributed by atoms with Crippen LogP contribution >= 0.6 is 0 Å². The lowest BCUT2D eigenvalue weighted by Gasteiger charge is -2.23. The Morgan fingerprint density at radius 2 is 2.15 bits per heavy atom. The molecule has 0 unspecified atom stereocenters. The maximum absolute atomic E-state index is 12.0. The monoisotopic (exact) mass is 275 g/mol. The van der Waals surface area contributed by atoms with E-state index in [1.807, 2.05) is 29.2 Å². The first-order valence-electron chi connectivity index (χ1n) is 7.25. The van der Waals surface area contributed by atoms with Crippen LogP contribution < -0.4 is 4.90 Å². The molecule has 0 atom stereocenters. The molecule has 1 aliphatic rings. The fourth-order valence-corrected chi connectivity index (χ4v) is 2.37. The molecule has 0 aliphatic carbocycles. The van der Waals surface area contributed by atoms with E-state index in [1.54, 1.807) is 0 Å². The van der Waals surface area contributed by atoms with Crippen LogP contribution in [0.25, 0.3) is 0 Å². The summed E-state index contributed by atoms with van der Waals surface area (Å²) < 4.78 is 5.20. The van der Waals surface area contributed by atoms with Gasteiger partial charge in [-0.2, -0.15) is 0 Å². The number of anilines is 1. The Balaban J connectivity index is 2.06. The van der Waals surface area contributed by atoms with Crippen molar-refractivity contribution in [1.29, 1.82) is 0 Å². The zero-order valence-corrected chi connectivity index (χ0v) is 11.9. The molecule has 1 heterocycles. The lowest BCUT2D eigenvalue weighted by atomic mass is 10.1. The average Bonchev–Trinajstić information content (AvgIpc) is 2.60. The highest BCUT2D eigenvalue weighted by Gasteiger charge is 2.22. The van der Waals surface area contributed by atoms with Gasteiger partial charge in [-0.25, -0.2) is 0 Å². The summed E-state index contributed by atoms with van der Waals surface area (Å²) in [5, 5.41) is 0. The number of unbranched alkanes of at least 4 members (excludes halogenated alkanes) is 1. The van der Waals surface area contributed by atoms with Crippen LogP contribution in [0.15, 0.2) is 24.3 Å². The lowest BCUT2D eigenvalue weighted by Crippen LogP contribution is -2.31. The van der Waals surface area contributed by atoms with E-state index in [1.165, 1.54) is 0 Å². The average molecular weight is 275 g/mol. The van der Waals surface area contributed by atoms with Crippen LogP contribution in [0.4, 0.5) is 5.69 Å². The van der Waals surface area contributed by atoms with Crippen LogP contribution in [0.3, 0.4) is 0 Å². The number of rotatable bonds is 5. The predicted octanol–water partition coefficient (Wildman–Crippen LogP) is 2.81. The molecule has 1 aromatic carbocycles. The van der Waals surface area contributed by atoms with E-state index < -0.39 is 0 Å². The summed E-state index contributed by atoms with van der Waals surface area (Å²) in [5.41, 5.74) is 1.56. The largest absolute Gasteiger partial charge is 0.464 e. The summed E-state index contributed by atoms with van der Waals surface area (Å²) in [4.78, 5) is 25.8. The Morgan fingerprint density at radius 3 is 2.95 bits per heavy atom. The fraction of sp³-hybridized carbons (Fsp3) is 0.500. The third-order valence-electron chi connectivity index (χ3n) is 3.46. The van der Waals surface area contributed by atoms with Crippen LogP contribution in [0.5, 0.6) is 0 Å². The minimum Gasteiger partial charge on any atom is -0.464 e.